The van der Waals surface area contributed by atoms with Gasteiger partial charge in [-0.3, -0.25) is 4.79 Å². The van der Waals surface area contributed by atoms with E-state index >= 15 is 0 Å². The van der Waals surface area contributed by atoms with Gasteiger partial charge in [-0.15, -0.1) is 0 Å². The molecule has 1 saturated carbocycles. The average molecular weight is 212 g/mol. The molecule has 2 unspecified atom stereocenters. The van der Waals surface area contributed by atoms with Gasteiger partial charge in [0, 0.05) is 26.1 Å². The minimum Gasteiger partial charge on any atom is -0.378 e. The van der Waals surface area contributed by atoms with Crippen LogP contribution in [0, 0.1) is 5.92 Å². The minimum atomic E-state index is 0.135. The topological polar surface area (TPSA) is 50.4 Å². The summed E-state index contributed by atoms with van der Waals surface area (Å²) in [6, 6.07) is 0.156. The standard InChI is InChI=1S/C11H20N2O2/c1-15-10-7-12-6-9(10)13-11(14)8-4-2-3-5-8/h8-10,12H,2-7H2,1H3,(H,13,14). The van der Waals surface area contributed by atoms with E-state index in [9.17, 15) is 4.79 Å². The summed E-state index contributed by atoms with van der Waals surface area (Å²) in [5.74, 6) is 0.478. The van der Waals surface area contributed by atoms with E-state index in [1.165, 1.54) is 12.8 Å². The number of hydrogen-bond donors (Lipinski definition) is 2. The molecule has 1 aliphatic heterocycles. The zero-order chi connectivity index (χ0) is 10.7. The summed E-state index contributed by atoms with van der Waals surface area (Å²) in [7, 11) is 1.70. The molecule has 4 nitrogen and oxygen atoms in total. The van der Waals surface area contributed by atoms with Gasteiger partial charge in [0.15, 0.2) is 0 Å². The Morgan fingerprint density at radius 3 is 2.73 bits per heavy atom. The number of carbonyl (C=O) groups is 1. The Morgan fingerprint density at radius 2 is 2.07 bits per heavy atom. The zero-order valence-corrected chi connectivity index (χ0v) is 9.29. The monoisotopic (exact) mass is 212 g/mol. The maximum Gasteiger partial charge on any atom is 0.223 e. The molecule has 15 heavy (non-hydrogen) atoms. The normalized spacial score (nSPS) is 32.1. The summed E-state index contributed by atoms with van der Waals surface area (Å²) in [6.45, 7) is 1.67. The molecule has 0 spiro atoms. The number of ether oxygens (including phenoxy) is 1. The van der Waals surface area contributed by atoms with Crippen molar-refractivity contribution in [3.05, 3.63) is 0 Å². The van der Waals surface area contributed by atoms with Crippen LogP contribution in [0.5, 0.6) is 0 Å². The van der Waals surface area contributed by atoms with Crippen LogP contribution in [0.2, 0.25) is 0 Å². The molecule has 0 aromatic rings. The average Bonchev–Trinajstić information content (AvgIpc) is 2.87. The van der Waals surface area contributed by atoms with E-state index in [0.29, 0.717) is 0 Å². The predicted octanol–water partition coefficient (Wildman–Crippen LogP) is 0.280. The van der Waals surface area contributed by atoms with Crippen LogP contribution >= 0.6 is 0 Å². The molecule has 2 rings (SSSR count). The fraction of sp³-hybridized carbons (Fsp3) is 0.909. The van der Waals surface area contributed by atoms with Crippen molar-refractivity contribution < 1.29 is 9.53 Å². The molecule has 1 amide bonds. The SMILES string of the molecule is COC1CNCC1NC(=O)C1CCCC1. The highest BCUT2D eigenvalue weighted by Gasteiger charge is 2.31. The number of nitrogens with one attached hydrogen (secondary N) is 2. The fourth-order valence-corrected chi connectivity index (χ4v) is 2.53. The Labute approximate surface area is 90.8 Å². The third kappa shape index (κ3) is 2.49. The first-order valence-electron chi connectivity index (χ1n) is 5.85. The quantitative estimate of drug-likeness (QED) is 0.706. The van der Waals surface area contributed by atoms with Crippen LogP contribution in [0.4, 0.5) is 0 Å². The molecule has 0 bridgehead atoms. The molecule has 2 aliphatic rings. The fourth-order valence-electron chi connectivity index (χ4n) is 2.53. The molecule has 1 saturated heterocycles. The zero-order valence-electron chi connectivity index (χ0n) is 9.29. The largest absolute Gasteiger partial charge is 0.378 e. The van der Waals surface area contributed by atoms with Crippen LogP contribution < -0.4 is 10.6 Å². The van der Waals surface area contributed by atoms with Crippen LogP contribution in [0.25, 0.3) is 0 Å². The highest BCUT2D eigenvalue weighted by atomic mass is 16.5. The summed E-state index contributed by atoms with van der Waals surface area (Å²) in [5.41, 5.74) is 0. The molecule has 1 aliphatic carbocycles. The summed E-state index contributed by atoms with van der Waals surface area (Å²) < 4.78 is 5.31. The lowest BCUT2D eigenvalue weighted by Crippen LogP contribution is -2.45. The first-order valence-corrected chi connectivity index (χ1v) is 5.85. The van der Waals surface area contributed by atoms with Gasteiger partial charge in [0.05, 0.1) is 12.1 Å². The Morgan fingerprint density at radius 1 is 1.33 bits per heavy atom. The molecule has 0 radical (unpaired) electrons. The van der Waals surface area contributed by atoms with Crippen LogP contribution in [0.1, 0.15) is 25.7 Å². The number of rotatable bonds is 3. The minimum absolute atomic E-state index is 0.135. The number of methoxy groups -OCH3 is 1. The smallest absolute Gasteiger partial charge is 0.223 e. The van der Waals surface area contributed by atoms with E-state index in [0.717, 1.165) is 25.9 Å². The summed E-state index contributed by atoms with van der Waals surface area (Å²) in [4.78, 5) is 11.9. The lowest BCUT2D eigenvalue weighted by atomic mass is 10.1. The molecule has 1 heterocycles. The highest BCUT2D eigenvalue weighted by molar-refractivity contribution is 5.79. The second-order valence-electron chi connectivity index (χ2n) is 4.53. The van der Waals surface area contributed by atoms with Crippen LogP contribution in [-0.4, -0.2) is 38.3 Å². The van der Waals surface area contributed by atoms with Gasteiger partial charge in [-0.2, -0.15) is 0 Å². The summed E-state index contributed by atoms with van der Waals surface area (Å²) in [6.07, 6.45) is 4.66. The van der Waals surface area contributed by atoms with Crippen molar-refractivity contribution in [2.24, 2.45) is 5.92 Å². The van der Waals surface area contributed by atoms with E-state index in [4.69, 9.17) is 4.74 Å². The van der Waals surface area contributed by atoms with Gasteiger partial charge >= 0.3 is 0 Å². The van der Waals surface area contributed by atoms with Crippen LogP contribution in [0.3, 0.4) is 0 Å². The predicted molar refractivity (Wildman–Crippen MR) is 57.6 cm³/mol. The molecular formula is C11H20N2O2. The van der Waals surface area contributed by atoms with E-state index in [2.05, 4.69) is 10.6 Å². The molecule has 2 N–H and O–H groups in total. The van der Waals surface area contributed by atoms with Gasteiger partial charge in [-0.05, 0) is 12.8 Å². The number of carbonyl (C=O) groups excluding carboxylic acids is 1. The van der Waals surface area contributed by atoms with Crippen molar-refractivity contribution in [3.63, 3.8) is 0 Å². The van der Waals surface area contributed by atoms with Crippen molar-refractivity contribution in [3.8, 4) is 0 Å². The van der Waals surface area contributed by atoms with Crippen LogP contribution in [-0.2, 0) is 9.53 Å². The summed E-state index contributed by atoms with van der Waals surface area (Å²) >= 11 is 0. The molecule has 2 fully saturated rings. The molecule has 86 valence electrons. The highest BCUT2D eigenvalue weighted by Crippen LogP contribution is 2.25. The van der Waals surface area contributed by atoms with Crippen molar-refractivity contribution in [1.29, 1.82) is 0 Å². The first-order chi connectivity index (χ1) is 7.31. The van der Waals surface area contributed by atoms with Crippen molar-refractivity contribution >= 4 is 5.91 Å². The van der Waals surface area contributed by atoms with Gasteiger partial charge in [-0.1, -0.05) is 12.8 Å². The van der Waals surface area contributed by atoms with E-state index < -0.39 is 0 Å². The summed E-state index contributed by atoms with van der Waals surface area (Å²) in [5, 5.41) is 6.32. The Balaban J connectivity index is 1.82. The molecule has 2 atom stereocenters. The first kappa shape index (κ1) is 10.9. The van der Waals surface area contributed by atoms with Crippen LogP contribution in [0.15, 0.2) is 0 Å². The lowest BCUT2D eigenvalue weighted by Gasteiger charge is -2.20. The maximum absolute atomic E-state index is 11.9. The Kier molecular flexibility index (Phi) is 3.59. The molecule has 0 aromatic carbocycles. The van der Waals surface area contributed by atoms with Crippen molar-refractivity contribution in [2.45, 2.75) is 37.8 Å². The van der Waals surface area contributed by atoms with Gasteiger partial charge < -0.3 is 15.4 Å². The van der Waals surface area contributed by atoms with Gasteiger partial charge in [-0.25, -0.2) is 0 Å². The Bertz CT molecular complexity index is 227. The molecular weight excluding hydrogens is 192 g/mol. The van der Waals surface area contributed by atoms with Gasteiger partial charge in [0.1, 0.15) is 0 Å². The van der Waals surface area contributed by atoms with E-state index in [1.54, 1.807) is 7.11 Å². The third-order valence-electron chi connectivity index (χ3n) is 3.51. The second-order valence-corrected chi connectivity index (χ2v) is 4.53. The van der Waals surface area contributed by atoms with E-state index in [1.807, 2.05) is 0 Å². The van der Waals surface area contributed by atoms with Gasteiger partial charge in [0.25, 0.3) is 0 Å². The second kappa shape index (κ2) is 4.94. The Hall–Kier alpha value is -0.610. The molecule has 4 heteroatoms. The third-order valence-corrected chi connectivity index (χ3v) is 3.51. The van der Waals surface area contributed by atoms with E-state index in [-0.39, 0.29) is 24.0 Å². The lowest BCUT2D eigenvalue weighted by molar-refractivity contribution is -0.126. The maximum atomic E-state index is 11.9. The number of hydrogen-bond acceptors (Lipinski definition) is 3. The molecule has 0 aromatic heterocycles. The van der Waals surface area contributed by atoms with Crippen molar-refractivity contribution in [1.82, 2.24) is 10.6 Å². The van der Waals surface area contributed by atoms with Gasteiger partial charge in [0.2, 0.25) is 5.91 Å². The number of amides is 1. The van der Waals surface area contributed by atoms with Crippen molar-refractivity contribution in [2.75, 3.05) is 20.2 Å².